The van der Waals surface area contributed by atoms with E-state index >= 15 is 0 Å². The molecule has 0 aromatic heterocycles. The maximum Gasteiger partial charge on any atom is 0.327 e. The Morgan fingerprint density at radius 2 is 1.58 bits per heavy atom. The van der Waals surface area contributed by atoms with Gasteiger partial charge in [0.15, 0.2) is 11.5 Å². The number of benzene rings is 2. The largest absolute Gasteiger partial charge is 0.486 e. The minimum atomic E-state index is -0.727. The summed E-state index contributed by atoms with van der Waals surface area (Å²) in [7, 11) is 1.77. The summed E-state index contributed by atoms with van der Waals surface area (Å²) >= 11 is 0. The van der Waals surface area contributed by atoms with Crippen molar-refractivity contribution in [3.8, 4) is 11.5 Å². The van der Waals surface area contributed by atoms with Crippen LogP contribution in [-0.4, -0.2) is 65.5 Å². The molecule has 0 saturated carbocycles. The van der Waals surface area contributed by atoms with Gasteiger partial charge in [-0.25, -0.2) is 4.79 Å². The van der Waals surface area contributed by atoms with Gasteiger partial charge in [0, 0.05) is 26.7 Å². The number of urea groups is 1. The molecule has 0 N–H and O–H groups in total. The topological polar surface area (TPSA) is 62.3 Å². The summed E-state index contributed by atoms with van der Waals surface area (Å²) in [6.07, 6.45) is 1.29. The van der Waals surface area contributed by atoms with Crippen LogP contribution in [0.2, 0.25) is 0 Å². The first-order valence-corrected chi connectivity index (χ1v) is 10.8. The molecule has 0 radical (unpaired) electrons. The lowest BCUT2D eigenvalue weighted by Gasteiger charge is -2.40. The van der Waals surface area contributed by atoms with E-state index in [1.807, 2.05) is 42.5 Å². The van der Waals surface area contributed by atoms with E-state index in [0.29, 0.717) is 32.6 Å². The molecule has 2 fully saturated rings. The Hall–Kier alpha value is -3.06. The first kappa shape index (κ1) is 19.9. The smallest absolute Gasteiger partial charge is 0.327 e. The molecule has 3 aliphatic rings. The molecule has 0 bridgehead atoms. The molecular weight excluding hydrogens is 394 g/mol. The van der Waals surface area contributed by atoms with Crippen molar-refractivity contribution in [1.29, 1.82) is 0 Å². The van der Waals surface area contributed by atoms with Crippen LogP contribution in [0.15, 0.2) is 48.5 Å². The van der Waals surface area contributed by atoms with Crippen molar-refractivity contribution in [3.05, 3.63) is 59.7 Å². The Bertz CT molecular complexity index is 986. The molecule has 5 rings (SSSR count). The van der Waals surface area contributed by atoms with E-state index < -0.39 is 5.54 Å². The molecule has 3 aliphatic heterocycles. The van der Waals surface area contributed by atoms with Gasteiger partial charge >= 0.3 is 6.03 Å². The van der Waals surface area contributed by atoms with Crippen LogP contribution in [0.5, 0.6) is 11.5 Å². The standard InChI is InChI=1S/C24H27N3O4/c1-25-23(29)27(17-18-5-3-2-4-6-18)22(28)24(25)9-11-26(12-10-24)16-19-7-8-20-21(15-19)31-14-13-30-20/h2-8,15H,9-14,16-17H2,1H3. The SMILES string of the molecule is CN1C(=O)N(Cc2ccccc2)C(=O)C12CCN(Cc1ccc3c(c1)OCCO3)CC2. The number of carbonyl (C=O) groups excluding carboxylic acids is 2. The van der Waals surface area contributed by atoms with Crippen molar-refractivity contribution < 1.29 is 19.1 Å². The Balaban J connectivity index is 1.25. The number of rotatable bonds is 4. The van der Waals surface area contributed by atoms with Gasteiger partial charge in [0.25, 0.3) is 5.91 Å². The fraction of sp³-hybridized carbons (Fsp3) is 0.417. The summed E-state index contributed by atoms with van der Waals surface area (Å²) in [6, 6.07) is 15.5. The third-order valence-corrected chi connectivity index (χ3v) is 6.68. The highest BCUT2D eigenvalue weighted by Crippen LogP contribution is 2.37. The third-order valence-electron chi connectivity index (χ3n) is 6.68. The number of ether oxygens (including phenoxy) is 2. The highest BCUT2D eigenvalue weighted by Gasteiger charge is 2.56. The van der Waals surface area contributed by atoms with Gasteiger partial charge in [0.2, 0.25) is 0 Å². The Morgan fingerprint density at radius 1 is 0.871 bits per heavy atom. The second-order valence-electron chi connectivity index (χ2n) is 8.50. The van der Waals surface area contributed by atoms with Crippen LogP contribution in [0, 0.1) is 0 Å². The van der Waals surface area contributed by atoms with Crippen LogP contribution >= 0.6 is 0 Å². The minimum absolute atomic E-state index is 0.0668. The Kier molecular flexibility index (Phi) is 5.06. The summed E-state index contributed by atoms with van der Waals surface area (Å²) in [5.74, 6) is 1.52. The van der Waals surface area contributed by atoms with E-state index in [4.69, 9.17) is 9.47 Å². The third kappa shape index (κ3) is 3.53. The van der Waals surface area contributed by atoms with Crippen molar-refractivity contribution in [2.24, 2.45) is 0 Å². The molecule has 3 amide bonds. The van der Waals surface area contributed by atoms with Crippen LogP contribution in [0.25, 0.3) is 0 Å². The van der Waals surface area contributed by atoms with Gasteiger partial charge in [0.05, 0.1) is 6.54 Å². The van der Waals surface area contributed by atoms with Crippen LogP contribution in [0.4, 0.5) is 4.79 Å². The number of hydrogen-bond acceptors (Lipinski definition) is 5. The van der Waals surface area contributed by atoms with Crippen molar-refractivity contribution in [1.82, 2.24) is 14.7 Å². The molecular formula is C24H27N3O4. The van der Waals surface area contributed by atoms with Crippen molar-refractivity contribution in [2.75, 3.05) is 33.4 Å². The fourth-order valence-corrected chi connectivity index (χ4v) is 4.83. The summed E-state index contributed by atoms with van der Waals surface area (Å²) in [5, 5.41) is 0. The van der Waals surface area contributed by atoms with Crippen LogP contribution in [0.3, 0.4) is 0 Å². The van der Waals surface area contributed by atoms with Gasteiger partial charge in [-0.1, -0.05) is 36.4 Å². The highest BCUT2D eigenvalue weighted by atomic mass is 16.6. The molecule has 0 unspecified atom stereocenters. The number of likely N-dealkylation sites (N-methyl/N-ethyl adjacent to an activating group) is 1. The lowest BCUT2D eigenvalue weighted by atomic mass is 9.86. The van der Waals surface area contributed by atoms with Gasteiger partial charge < -0.3 is 14.4 Å². The van der Waals surface area contributed by atoms with Crippen molar-refractivity contribution in [3.63, 3.8) is 0 Å². The van der Waals surface area contributed by atoms with E-state index in [9.17, 15) is 9.59 Å². The van der Waals surface area contributed by atoms with Crippen molar-refractivity contribution in [2.45, 2.75) is 31.5 Å². The van der Waals surface area contributed by atoms with Gasteiger partial charge in [-0.15, -0.1) is 0 Å². The molecule has 2 aromatic carbocycles. The monoisotopic (exact) mass is 421 g/mol. The average molecular weight is 421 g/mol. The van der Waals surface area contributed by atoms with E-state index in [0.717, 1.165) is 42.3 Å². The van der Waals surface area contributed by atoms with E-state index in [1.54, 1.807) is 11.9 Å². The first-order chi connectivity index (χ1) is 15.1. The minimum Gasteiger partial charge on any atom is -0.486 e. The summed E-state index contributed by atoms with van der Waals surface area (Å²) in [5.41, 5.74) is 1.40. The van der Waals surface area contributed by atoms with Gasteiger partial charge in [-0.05, 0) is 36.1 Å². The molecule has 3 heterocycles. The molecule has 31 heavy (non-hydrogen) atoms. The number of imide groups is 1. The number of hydrogen-bond donors (Lipinski definition) is 0. The zero-order valence-electron chi connectivity index (χ0n) is 17.8. The molecule has 2 aromatic rings. The Morgan fingerprint density at radius 3 is 2.32 bits per heavy atom. The van der Waals surface area contributed by atoms with Crippen LogP contribution in [-0.2, 0) is 17.9 Å². The van der Waals surface area contributed by atoms with E-state index in [1.165, 1.54) is 4.90 Å². The Labute approximate surface area is 182 Å². The number of carbonyl (C=O) groups is 2. The molecule has 2 saturated heterocycles. The zero-order chi connectivity index (χ0) is 21.4. The van der Waals surface area contributed by atoms with Crippen LogP contribution < -0.4 is 9.47 Å². The second kappa shape index (κ2) is 7.89. The van der Waals surface area contributed by atoms with Gasteiger partial charge in [-0.3, -0.25) is 14.6 Å². The molecule has 7 heteroatoms. The molecule has 7 nitrogen and oxygen atoms in total. The quantitative estimate of drug-likeness (QED) is 0.711. The van der Waals surface area contributed by atoms with E-state index in [2.05, 4.69) is 11.0 Å². The number of amides is 3. The van der Waals surface area contributed by atoms with Crippen molar-refractivity contribution >= 4 is 11.9 Å². The number of nitrogens with zero attached hydrogens (tertiary/aromatic N) is 3. The second-order valence-corrected chi connectivity index (χ2v) is 8.50. The van der Waals surface area contributed by atoms with Gasteiger partial charge in [-0.2, -0.15) is 0 Å². The molecule has 0 atom stereocenters. The lowest BCUT2D eigenvalue weighted by Crippen LogP contribution is -2.55. The summed E-state index contributed by atoms with van der Waals surface area (Å²) in [4.78, 5) is 31.7. The zero-order valence-corrected chi connectivity index (χ0v) is 17.8. The molecule has 162 valence electrons. The number of fused-ring (bicyclic) bond motifs is 1. The normalized spacial score (nSPS) is 20.5. The lowest BCUT2D eigenvalue weighted by molar-refractivity contribution is -0.135. The predicted molar refractivity (Wildman–Crippen MR) is 115 cm³/mol. The fourth-order valence-electron chi connectivity index (χ4n) is 4.83. The highest BCUT2D eigenvalue weighted by molar-refractivity contribution is 6.06. The summed E-state index contributed by atoms with van der Waals surface area (Å²) < 4.78 is 11.3. The maximum absolute atomic E-state index is 13.3. The number of piperidine rings is 1. The maximum atomic E-state index is 13.3. The van der Waals surface area contributed by atoms with Gasteiger partial charge in [0.1, 0.15) is 18.8 Å². The average Bonchev–Trinajstić information content (AvgIpc) is 2.97. The molecule has 1 spiro atoms. The number of likely N-dealkylation sites (tertiary alicyclic amines) is 1. The van der Waals surface area contributed by atoms with Crippen LogP contribution in [0.1, 0.15) is 24.0 Å². The summed E-state index contributed by atoms with van der Waals surface area (Å²) in [6.45, 7) is 3.79. The van der Waals surface area contributed by atoms with E-state index in [-0.39, 0.29) is 11.9 Å². The molecule has 0 aliphatic carbocycles. The first-order valence-electron chi connectivity index (χ1n) is 10.8. The predicted octanol–water partition coefficient (Wildman–Crippen LogP) is 2.89.